The van der Waals surface area contributed by atoms with E-state index < -0.39 is 5.60 Å². The van der Waals surface area contributed by atoms with E-state index in [1.807, 2.05) is 23.1 Å². The van der Waals surface area contributed by atoms with E-state index in [0.717, 1.165) is 32.2 Å². The lowest BCUT2D eigenvalue weighted by atomic mass is 9.91. The van der Waals surface area contributed by atoms with Crippen LogP contribution in [-0.2, 0) is 24.1 Å². The number of piperidine rings is 1. The average Bonchev–Trinajstić information content (AvgIpc) is 3.12. The third kappa shape index (κ3) is 4.07. The summed E-state index contributed by atoms with van der Waals surface area (Å²) in [6.07, 6.45) is 4.16. The molecule has 0 radical (unpaired) electrons. The Kier molecular flexibility index (Phi) is 5.28. The Labute approximate surface area is 161 Å². The van der Waals surface area contributed by atoms with Crippen molar-refractivity contribution in [3.05, 3.63) is 71.3 Å². The van der Waals surface area contributed by atoms with Crippen LogP contribution in [0.2, 0.25) is 0 Å². The van der Waals surface area contributed by atoms with Gasteiger partial charge < -0.3 is 15.3 Å². The zero-order chi connectivity index (χ0) is 18.7. The molecule has 2 N–H and O–H groups in total. The Balaban J connectivity index is 1.32. The maximum Gasteiger partial charge on any atom is 0.255 e. The summed E-state index contributed by atoms with van der Waals surface area (Å²) in [6.45, 7) is 1.75. The minimum atomic E-state index is -1.27. The molecule has 1 aliphatic heterocycles. The van der Waals surface area contributed by atoms with E-state index in [4.69, 9.17) is 0 Å². The average molecular weight is 364 g/mol. The van der Waals surface area contributed by atoms with Crippen LogP contribution >= 0.6 is 0 Å². The molecule has 1 fully saturated rings. The van der Waals surface area contributed by atoms with Gasteiger partial charge in [-0.2, -0.15) is 0 Å². The number of amides is 1. The van der Waals surface area contributed by atoms with Crippen molar-refractivity contribution in [2.45, 2.75) is 43.7 Å². The summed E-state index contributed by atoms with van der Waals surface area (Å²) >= 11 is 0. The number of benzene rings is 2. The molecule has 0 bridgehead atoms. The highest BCUT2D eigenvalue weighted by molar-refractivity contribution is 5.86. The molecule has 1 amide bonds. The smallest absolute Gasteiger partial charge is 0.255 e. The van der Waals surface area contributed by atoms with Crippen LogP contribution < -0.4 is 5.32 Å². The van der Waals surface area contributed by atoms with Crippen molar-refractivity contribution in [1.82, 2.24) is 10.2 Å². The van der Waals surface area contributed by atoms with Gasteiger partial charge in [0.05, 0.1) is 0 Å². The zero-order valence-corrected chi connectivity index (χ0v) is 15.7. The lowest BCUT2D eigenvalue weighted by Gasteiger charge is -2.39. The summed E-state index contributed by atoms with van der Waals surface area (Å²) in [4.78, 5) is 14.8. The standard InChI is InChI=1S/C23H28N2O2/c26-22-23(27,17-24-21-15-19-9-4-5-10-20(19)16-21)12-6-13-25(22)14-11-18-7-2-1-3-8-18/h1-5,7-10,21,24,27H,6,11-17H2/t23-/m1/s1. The lowest BCUT2D eigenvalue weighted by Crippen LogP contribution is -2.59. The van der Waals surface area contributed by atoms with E-state index in [0.29, 0.717) is 25.6 Å². The summed E-state index contributed by atoms with van der Waals surface area (Å²) in [5.74, 6) is -0.118. The van der Waals surface area contributed by atoms with Gasteiger partial charge in [0, 0.05) is 25.7 Å². The number of nitrogens with zero attached hydrogens (tertiary/aromatic N) is 1. The van der Waals surface area contributed by atoms with E-state index in [2.05, 4.69) is 41.7 Å². The molecular weight excluding hydrogens is 336 g/mol. The molecule has 4 heteroatoms. The highest BCUT2D eigenvalue weighted by Gasteiger charge is 2.42. The molecule has 4 rings (SSSR count). The minimum absolute atomic E-state index is 0.118. The van der Waals surface area contributed by atoms with Gasteiger partial charge in [0.1, 0.15) is 0 Å². The molecule has 1 aliphatic carbocycles. The number of fused-ring (bicyclic) bond motifs is 1. The number of aliphatic hydroxyl groups is 1. The highest BCUT2D eigenvalue weighted by atomic mass is 16.3. The largest absolute Gasteiger partial charge is 0.379 e. The maximum absolute atomic E-state index is 12.9. The van der Waals surface area contributed by atoms with Crippen LogP contribution in [0.25, 0.3) is 0 Å². The fourth-order valence-corrected chi connectivity index (χ4v) is 4.37. The fraction of sp³-hybridized carbons (Fsp3) is 0.435. The van der Waals surface area contributed by atoms with Gasteiger partial charge >= 0.3 is 0 Å². The first kappa shape index (κ1) is 18.2. The number of hydrogen-bond donors (Lipinski definition) is 2. The van der Waals surface area contributed by atoms with Gasteiger partial charge in [0.25, 0.3) is 5.91 Å². The van der Waals surface area contributed by atoms with Crippen LogP contribution in [0.4, 0.5) is 0 Å². The van der Waals surface area contributed by atoms with Crippen LogP contribution in [0.15, 0.2) is 54.6 Å². The third-order valence-electron chi connectivity index (χ3n) is 5.95. The SMILES string of the molecule is O=C1N(CCc2ccccc2)CCC[C@@]1(O)CNC1Cc2ccccc2C1. The summed E-state index contributed by atoms with van der Waals surface area (Å²) in [5.41, 5.74) is 2.70. The summed E-state index contributed by atoms with van der Waals surface area (Å²) in [6, 6.07) is 19.0. The number of rotatable bonds is 6. The lowest BCUT2D eigenvalue weighted by molar-refractivity contribution is -0.156. The van der Waals surface area contributed by atoms with Crippen LogP contribution in [0.1, 0.15) is 29.5 Å². The van der Waals surface area contributed by atoms with Gasteiger partial charge in [-0.1, -0.05) is 54.6 Å². The summed E-state index contributed by atoms with van der Waals surface area (Å²) in [7, 11) is 0. The molecule has 0 saturated carbocycles. The molecule has 0 spiro atoms. The fourth-order valence-electron chi connectivity index (χ4n) is 4.37. The van der Waals surface area contributed by atoms with Crippen LogP contribution in [-0.4, -0.2) is 47.2 Å². The number of hydrogen-bond acceptors (Lipinski definition) is 3. The normalized spacial score (nSPS) is 22.9. The van der Waals surface area contributed by atoms with Gasteiger partial charge in [-0.25, -0.2) is 0 Å². The second kappa shape index (κ2) is 7.83. The van der Waals surface area contributed by atoms with Gasteiger partial charge in [0.2, 0.25) is 0 Å². The predicted octanol–water partition coefficient (Wildman–Crippen LogP) is 2.34. The van der Waals surface area contributed by atoms with Crippen molar-refractivity contribution in [2.75, 3.05) is 19.6 Å². The second-order valence-electron chi connectivity index (χ2n) is 7.92. The Morgan fingerprint density at radius 1 is 1.04 bits per heavy atom. The van der Waals surface area contributed by atoms with E-state index in [9.17, 15) is 9.90 Å². The molecule has 27 heavy (non-hydrogen) atoms. The van der Waals surface area contributed by atoms with Crippen molar-refractivity contribution >= 4 is 5.91 Å². The van der Waals surface area contributed by atoms with Crippen molar-refractivity contribution in [3.8, 4) is 0 Å². The van der Waals surface area contributed by atoms with E-state index in [-0.39, 0.29) is 5.91 Å². The number of nitrogens with one attached hydrogen (secondary N) is 1. The van der Waals surface area contributed by atoms with Gasteiger partial charge in [-0.05, 0) is 48.8 Å². The molecule has 1 atom stereocenters. The number of carbonyl (C=O) groups excluding carboxylic acids is 1. The highest BCUT2D eigenvalue weighted by Crippen LogP contribution is 2.25. The maximum atomic E-state index is 12.9. The Morgan fingerprint density at radius 3 is 2.41 bits per heavy atom. The molecular formula is C23H28N2O2. The van der Waals surface area contributed by atoms with Crippen molar-refractivity contribution in [1.29, 1.82) is 0 Å². The first-order valence-electron chi connectivity index (χ1n) is 10.00. The van der Waals surface area contributed by atoms with E-state index in [1.54, 1.807) is 0 Å². The quantitative estimate of drug-likeness (QED) is 0.827. The monoisotopic (exact) mass is 364 g/mol. The van der Waals surface area contributed by atoms with Crippen LogP contribution in [0.3, 0.4) is 0 Å². The second-order valence-corrected chi connectivity index (χ2v) is 7.92. The summed E-state index contributed by atoms with van der Waals surface area (Å²) in [5, 5.41) is 14.5. The van der Waals surface area contributed by atoms with E-state index >= 15 is 0 Å². The molecule has 2 aromatic carbocycles. The number of carbonyl (C=O) groups is 1. The van der Waals surface area contributed by atoms with Crippen molar-refractivity contribution in [2.24, 2.45) is 0 Å². The van der Waals surface area contributed by atoms with Gasteiger partial charge in [0.15, 0.2) is 5.60 Å². The molecule has 4 nitrogen and oxygen atoms in total. The van der Waals surface area contributed by atoms with Gasteiger partial charge in [-0.3, -0.25) is 4.79 Å². The first-order chi connectivity index (χ1) is 13.1. The van der Waals surface area contributed by atoms with Crippen LogP contribution in [0, 0.1) is 0 Å². The molecule has 2 aromatic rings. The minimum Gasteiger partial charge on any atom is -0.379 e. The topological polar surface area (TPSA) is 52.6 Å². The molecule has 2 aliphatic rings. The van der Waals surface area contributed by atoms with Crippen molar-refractivity contribution < 1.29 is 9.90 Å². The predicted molar refractivity (Wildman–Crippen MR) is 107 cm³/mol. The van der Waals surface area contributed by atoms with Crippen LogP contribution in [0.5, 0.6) is 0 Å². The molecule has 0 aromatic heterocycles. The Morgan fingerprint density at radius 2 is 1.70 bits per heavy atom. The molecule has 1 saturated heterocycles. The van der Waals surface area contributed by atoms with E-state index in [1.165, 1.54) is 16.7 Å². The zero-order valence-electron chi connectivity index (χ0n) is 15.7. The molecule has 1 heterocycles. The molecule has 0 unspecified atom stereocenters. The Hall–Kier alpha value is -2.17. The van der Waals surface area contributed by atoms with Crippen molar-refractivity contribution in [3.63, 3.8) is 0 Å². The number of likely N-dealkylation sites (tertiary alicyclic amines) is 1. The third-order valence-corrected chi connectivity index (χ3v) is 5.95. The van der Waals surface area contributed by atoms with Gasteiger partial charge in [-0.15, -0.1) is 0 Å². The summed E-state index contributed by atoms with van der Waals surface area (Å²) < 4.78 is 0. The molecule has 142 valence electrons. The first-order valence-corrected chi connectivity index (χ1v) is 10.00. The Bertz CT molecular complexity index is 767.